The van der Waals surface area contributed by atoms with E-state index >= 15 is 0 Å². The summed E-state index contributed by atoms with van der Waals surface area (Å²) in [6, 6.07) is 0. The van der Waals surface area contributed by atoms with Crippen LogP contribution >= 0.6 is 0 Å². The molecular weight excluding hydrogens is 256 g/mol. The standard InChI is InChI=1S/C10H18N4O5/c1-7(15)12-5-14(6-13-8(2)16)4-9(17)11-3-10(18)19/h3-6H2,1-2H3,(H,11,17)(H,12,15)(H,13,16)(H,18,19). The summed E-state index contributed by atoms with van der Waals surface area (Å²) in [4.78, 5) is 44.7. The zero-order valence-corrected chi connectivity index (χ0v) is 10.9. The molecule has 9 nitrogen and oxygen atoms in total. The van der Waals surface area contributed by atoms with Crippen LogP contribution in [0.1, 0.15) is 13.8 Å². The normalized spacial score (nSPS) is 9.84. The summed E-state index contributed by atoms with van der Waals surface area (Å²) < 4.78 is 0. The fourth-order valence-corrected chi connectivity index (χ4v) is 1.05. The van der Waals surface area contributed by atoms with Gasteiger partial charge in [0.2, 0.25) is 17.7 Å². The van der Waals surface area contributed by atoms with Crippen molar-refractivity contribution in [3.8, 4) is 0 Å². The molecule has 0 aromatic rings. The minimum Gasteiger partial charge on any atom is -0.480 e. The number of aliphatic carboxylic acids is 1. The fraction of sp³-hybridized carbons (Fsp3) is 0.600. The second kappa shape index (κ2) is 8.86. The summed E-state index contributed by atoms with van der Waals surface area (Å²) in [7, 11) is 0. The van der Waals surface area contributed by atoms with Crippen molar-refractivity contribution in [1.82, 2.24) is 20.9 Å². The van der Waals surface area contributed by atoms with E-state index in [1.807, 2.05) is 0 Å². The Morgan fingerprint density at radius 2 is 1.42 bits per heavy atom. The van der Waals surface area contributed by atoms with Crippen LogP contribution in [0.5, 0.6) is 0 Å². The van der Waals surface area contributed by atoms with Crippen LogP contribution < -0.4 is 16.0 Å². The Labute approximate surface area is 110 Å². The van der Waals surface area contributed by atoms with Gasteiger partial charge in [0.15, 0.2) is 0 Å². The zero-order valence-electron chi connectivity index (χ0n) is 10.9. The van der Waals surface area contributed by atoms with Gasteiger partial charge in [0.05, 0.1) is 19.9 Å². The molecule has 0 aromatic heterocycles. The maximum Gasteiger partial charge on any atom is 0.322 e. The van der Waals surface area contributed by atoms with Gasteiger partial charge in [-0.25, -0.2) is 0 Å². The van der Waals surface area contributed by atoms with Gasteiger partial charge in [-0.05, 0) is 0 Å². The smallest absolute Gasteiger partial charge is 0.322 e. The zero-order chi connectivity index (χ0) is 14.8. The van der Waals surface area contributed by atoms with E-state index < -0.39 is 18.4 Å². The van der Waals surface area contributed by atoms with Crippen molar-refractivity contribution in [2.24, 2.45) is 0 Å². The molecule has 0 aliphatic rings. The number of hydrogen-bond acceptors (Lipinski definition) is 5. The number of carboxylic acid groups (broad SMARTS) is 1. The molecule has 4 N–H and O–H groups in total. The van der Waals surface area contributed by atoms with Crippen molar-refractivity contribution in [3.05, 3.63) is 0 Å². The third kappa shape index (κ3) is 10.7. The van der Waals surface area contributed by atoms with Crippen molar-refractivity contribution < 1.29 is 24.3 Å². The molecule has 0 rings (SSSR count). The number of rotatable bonds is 8. The molecule has 0 aliphatic carbocycles. The largest absolute Gasteiger partial charge is 0.480 e. The lowest BCUT2D eigenvalue weighted by Crippen LogP contribution is -2.48. The molecular formula is C10H18N4O5. The van der Waals surface area contributed by atoms with Gasteiger partial charge in [0.1, 0.15) is 6.54 Å². The number of carbonyl (C=O) groups excluding carboxylic acids is 3. The molecule has 0 atom stereocenters. The van der Waals surface area contributed by atoms with Crippen LogP contribution in [0.3, 0.4) is 0 Å². The van der Waals surface area contributed by atoms with E-state index in [4.69, 9.17) is 5.11 Å². The third-order valence-corrected chi connectivity index (χ3v) is 1.91. The van der Waals surface area contributed by atoms with Crippen molar-refractivity contribution >= 4 is 23.7 Å². The van der Waals surface area contributed by atoms with Gasteiger partial charge in [-0.3, -0.25) is 24.1 Å². The fourth-order valence-electron chi connectivity index (χ4n) is 1.05. The molecule has 0 heterocycles. The Hall–Kier alpha value is -2.16. The van der Waals surface area contributed by atoms with Crippen LogP contribution in [-0.4, -0.2) is 60.1 Å². The lowest BCUT2D eigenvalue weighted by molar-refractivity contribution is -0.138. The monoisotopic (exact) mass is 274 g/mol. The number of carbonyl (C=O) groups is 4. The molecule has 0 radical (unpaired) electrons. The molecule has 19 heavy (non-hydrogen) atoms. The van der Waals surface area contributed by atoms with E-state index in [2.05, 4.69) is 16.0 Å². The SMILES string of the molecule is CC(=O)NCN(CNC(C)=O)CC(=O)NCC(=O)O. The predicted octanol–water partition coefficient (Wildman–Crippen LogP) is -2.32. The third-order valence-electron chi connectivity index (χ3n) is 1.91. The molecule has 0 spiro atoms. The average molecular weight is 274 g/mol. The second-order valence-electron chi connectivity index (χ2n) is 3.78. The lowest BCUT2D eigenvalue weighted by atomic mass is 10.5. The maximum absolute atomic E-state index is 11.4. The van der Waals surface area contributed by atoms with Crippen molar-refractivity contribution in [2.75, 3.05) is 26.4 Å². The van der Waals surface area contributed by atoms with Crippen LogP contribution in [0, 0.1) is 0 Å². The second-order valence-corrected chi connectivity index (χ2v) is 3.78. The number of carboxylic acids is 1. The van der Waals surface area contributed by atoms with Crippen LogP contribution in [0.2, 0.25) is 0 Å². The highest BCUT2D eigenvalue weighted by atomic mass is 16.4. The Kier molecular flexibility index (Phi) is 7.85. The van der Waals surface area contributed by atoms with Crippen molar-refractivity contribution in [1.29, 1.82) is 0 Å². The molecule has 0 bridgehead atoms. The Bertz CT molecular complexity index is 340. The summed E-state index contributed by atoms with van der Waals surface area (Å²) in [5, 5.41) is 15.5. The summed E-state index contributed by atoms with van der Waals surface area (Å²) in [5.74, 6) is -2.22. The highest BCUT2D eigenvalue weighted by Gasteiger charge is 2.12. The van der Waals surface area contributed by atoms with Gasteiger partial charge in [0, 0.05) is 13.8 Å². The number of hydrogen-bond donors (Lipinski definition) is 4. The first kappa shape index (κ1) is 16.8. The molecule has 0 aromatic carbocycles. The molecule has 0 unspecified atom stereocenters. The molecule has 0 fully saturated rings. The Morgan fingerprint density at radius 1 is 0.947 bits per heavy atom. The summed E-state index contributed by atoms with van der Waals surface area (Å²) in [6.07, 6.45) is 0. The highest BCUT2D eigenvalue weighted by molar-refractivity contribution is 5.82. The number of nitrogens with one attached hydrogen (secondary N) is 3. The van der Waals surface area contributed by atoms with E-state index in [0.717, 1.165) is 0 Å². The predicted molar refractivity (Wildman–Crippen MR) is 64.7 cm³/mol. The maximum atomic E-state index is 11.4. The minimum absolute atomic E-state index is 0.0656. The topological polar surface area (TPSA) is 128 Å². The molecule has 3 amide bonds. The summed E-state index contributed by atoms with van der Waals surface area (Å²) >= 11 is 0. The van der Waals surface area contributed by atoms with E-state index in [9.17, 15) is 19.2 Å². The quantitative estimate of drug-likeness (QED) is 0.368. The van der Waals surface area contributed by atoms with Gasteiger partial charge < -0.3 is 21.1 Å². The lowest BCUT2D eigenvalue weighted by Gasteiger charge is -2.21. The van der Waals surface area contributed by atoms with Crippen molar-refractivity contribution in [2.45, 2.75) is 13.8 Å². The van der Waals surface area contributed by atoms with Gasteiger partial charge in [-0.2, -0.15) is 0 Å². The van der Waals surface area contributed by atoms with Gasteiger partial charge >= 0.3 is 5.97 Å². The molecule has 108 valence electrons. The summed E-state index contributed by atoms with van der Waals surface area (Å²) in [6.45, 7) is 2.15. The average Bonchev–Trinajstić information content (AvgIpc) is 2.29. The van der Waals surface area contributed by atoms with E-state index in [1.54, 1.807) is 0 Å². The van der Waals surface area contributed by atoms with E-state index in [1.165, 1.54) is 18.7 Å². The minimum atomic E-state index is -1.15. The summed E-state index contributed by atoms with van der Waals surface area (Å²) in [5.41, 5.74) is 0. The van der Waals surface area contributed by atoms with Crippen LogP contribution in [0.15, 0.2) is 0 Å². The first-order valence-corrected chi connectivity index (χ1v) is 5.51. The van der Waals surface area contributed by atoms with Crippen LogP contribution in [0.25, 0.3) is 0 Å². The Morgan fingerprint density at radius 3 is 1.79 bits per heavy atom. The van der Waals surface area contributed by atoms with Gasteiger partial charge in [-0.1, -0.05) is 0 Å². The molecule has 9 heteroatoms. The number of nitrogens with zero attached hydrogens (tertiary/aromatic N) is 1. The first-order chi connectivity index (χ1) is 8.81. The molecule has 0 aliphatic heterocycles. The van der Waals surface area contributed by atoms with Gasteiger partial charge in [-0.15, -0.1) is 0 Å². The molecule has 0 saturated carbocycles. The number of amides is 3. The van der Waals surface area contributed by atoms with E-state index in [-0.39, 0.29) is 31.7 Å². The van der Waals surface area contributed by atoms with Crippen LogP contribution in [0.4, 0.5) is 0 Å². The van der Waals surface area contributed by atoms with Crippen molar-refractivity contribution in [3.63, 3.8) is 0 Å². The van der Waals surface area contributed by atoms with E-state index in [0.29, 0.717) is 0 Å². The first-order valence-electron chi connectivity index (χ1n) is 5.51. The van der Waals surface area contributed by atoms with Crippen LogP contribution in [-0.2, 0) is 19.2 Å². The highest BCUT2D eigenvalue weighted by Crippen LogP contribution is 1.84. The van der Waals surface area contributed by atoms with Gasteiger partial charge in [0.25, 0.3) is 0 Å². The Balaban J connectivity index is 4.22. The molecule has 0 saturated heterocycles.